The van der Waals surface area contributed by atoms with Gasteiger partial charge in [-0.25, -0.2) is 4.98 Å². The number of hydrogen-bond donors (Lipinski definition) is 2. The van der Waals surface area contributed by atoms with Gasteiger partial charge in [0.1, 0.15) is 5.75 Å². The summed E-state index contributed by atoms with van der Waals surface area (Å²) in [4.78, 5) is 19.9. The molecule has 0 saturated heterocycles. The summed E-state index contributed by atoms with van der Waals surface area (Å²) in [5, 5.41) is 3.22. The van der Waals surface area contributed by atoms with Crippen LogP contribution < -0.4 is 10.1 Å². The van der Waals surface area contributed by atoms with E-state index in [4.69, 9.17) is 16.3 Å². The summed E-state index contributed by atoms with van der Waals surface area (Å²) < 4.78 is 5.61. The summed E-state index contributed by atoms with van der Waals surface area (Å²) in [6.45, 7) is 2.54. The van der Waals surface area contributed by atoms with Gasteiger partial charge in [0.25, 0.3) is 5.91 Å². The molecule has 3 rings (SSSR count). The van der Waals surface area contributed by atoms with E-state index in [2.05, 4.69) is 15.3 Å². The Morgan fingerprint density at radius 3 is 2.91 bits per heavy atom. The van der Waals surface area contributed by atoms with Gasteiger partial charge in [-0.2, -0.15) is 0 Å². The first-order chi connectivity index (χ1) is 11.2. The van der Waals surface area contributed by atoms with Crippen molar-refractivity contribution in [1.29, 1.82) is 0 Å². The van der Waals surface area contributed by atoms with Crippen molar-refractivity contribution >= 4 is 34.5 Å². The lowest BCUT2D eigenvalue weighted by atomic mass is 10.2. The van der Waals surface area contributed by atoms with Crippen LogP contribution in [0, 0.1) is 0 Å². The number of benzene rings is 2. The van der Waals surface area contributed by atoms with Crippen LogP contribution in [0.1, 0.15) is 23.7 Å². The molecule has 0 radical (unpaired) electrons. The third-order valence-electron chi connectivity index (χ3n) is 3.27. The molecule has 23 heavy (non-hydrogen) atoms. The van der Waals surface area contributed by atoms with E-state index in [1.54, 1.807) is 18.2 Å². The molecule has 0 aliphatic rings. The van der Waals surface area contributed by atoms with E-state index in [-0.39, 0.29) is 5.91 Å². The molecule has 3 aromatic rings. The van der Waals surface area contributed by atoms with E-state index in [1.165, 1.54) is 0 Å². The van der Waals surface area contributed by atoms with Gasteiger partial charge in [0.15, 0.2) is 0 Å². The Balaban J connectivity index is 1.86. The van der Waals surface area contributed by atoms with Crippen molar-refractivity contribution in [3.63, 3.8) is 0 Å². The summed E-state index contributed by atoms with van der Waals surface area (Å²) in [7, 11) is 0. The molecule has 2 N–H and O–H groups in total. The molecule has 0 fully saturated rings. The Bertz CT molecular complexity index is 812. The van der Waals surface area contributed by atoms with E-state index < -0.39 is 0 Å². The van der Waals surface area contributed by atoms with Crippen molar-refractivity contribution in [2.24, 2.45) is 0 Å². The third kappa shape index (κ3) is 3.46. The molecular weight excluding hydrogens is 314 g/mol. The Hall–Kier alpha value is -2.53. The fraction of sp³-hybridized carbons (Fsp3) is 0.176. The molecule has 0 aliphatic carbocycles. The molecule has 0 spiro atoms. The van der Waals surface area contributed by atoms with Crippen molar-refractivity contribution in [1.82, 2.24) is 9.97 Å². The minimum atomic E-state index is -0.322. The molecule has 0 bridgehead atoms. The highest BCUT2D eigenvalue weighted by Crippen LogP contribution is 2.24. The molecule has 118 valence electrons. The maximum atomic E-state index is 12.5. The lowest BCUT2D eigenvalue weighted by molar-refractivity contribution is 0.102. The molecule has 6 heteroatoms. The highest BCUT2D eigenvalue weighted by Gasteiger charge is 2.15. The van der Waals surface area contributed by atoms with Gasteiger partial charge in [-0.05, 0) is 36.8 Å². The summed E-state index contributed by atoms with van der Waals surface area (Å²) in [5.74, 6) is 0.570. The van der Waals surface area contributed by atoms with Gasteiger partial charge >= 0.3 is 0 Å². The van der Waals surface area contributed by atoms with Gasteiger partial charge in [0, 0.05) is 5.02 Å². The normalized spacial score (nSPS) is 10.7. The lowest BCUT2D eigenvalue weighted by Crippen LogP contribution is -2.15. The monoisotopic (exact) mass is 329 g/mol. The third-order valence-corrected chi connectivity index (χ3v) is 3.50. The highest BCUT2D eigenvalue weighted by molar-refractivity contribution is 6.31. The van der Waals surface area contributed by atoms with Crippen molar-refractivity contribution in [2.75, 3.05) is 11.9 Å². The minimum absolute atomic E-state index is 0.322. The van der Waals surface area contributed by atoms with Gasteiger partial charge < -0.3 is 9.72 Å². The number of carbonyl (C=O) groups is 1. The van der Waals surface area contributed by atoms with E-state index in [0.717, 1.165) is 17.5 Å². The number of imidazole rings is 1. The number of carbonyl (C=O) groups excluding carboxylic acids is 1. The first-order valence-corrected chi connectivity index (χ1v) is 7.73. The molecule has 1 heterocycles. The molecule has 0 atom stereocenters. The number of nitrogens with zero attached hydrogens (tertiary/aromatic N) is 1. The van der Waals surface area contributed by atoms with Crippen LogP contribution in [-0.2, 0) is 0 Å². The molecule has 1 aromatic heterocycles. The number of amides is 1. The van der Waals surface area contributed by atoms with Crippen LogP contribution in [0.15, 0.2) is 42.5 Å². The van der Waals surface area contributed by atoms with Crippen LogP contribution in [0.5, 0.6) is 5.75 Å². The Morgan fingerprint density at radius 1 is 1.30 bits per heavy atom. The van der Waals surface area contributed by atoms with Crippen molar-refractivity contribution < 1.29 is 9.53 Å². The van der Waals surface area contributed by atoms with Crippen molar-refractivity contribution in [3.8, 4) is 5.75 Å². The van der Waals surface area contributed by atoms with Gasteiger partial charge in [0.2, 0.25) is 5.95 Å². The van der Waals surface area contributed by atoms with E-state index >= 15 is 0 Å². The minimum Gasteiger partial charge on any atom is -0.493 e. The second kappa shape index (κ2) is 6.71. The number of rotatable bonds is 5. The number of halogens is 1. The summed E-state index contributed by atoms with van der Waals surface area (Å²) in [5.41, 5.74) is 2.03. The van der Waals surface area contributed by atoms with Crippen LogP contribution in [-0.4, -0.2) is 22.5 Å². The first-order valence-electron chi connectivity index (χ1n) is 7.36. The zero-order valence-corrected chi connectivity index (χ0v) is 13.4. The summed E-state index contributed by atoms with van der Waals surface area (Å²) in [6.07, 6.45) is 0.854. The number of aromatic amines is 1. The number of aromatic nitrogens is 2. The van der Waals surface area contributed by atoms with Crippen LogP contribution in [0.2, 0.25) is 5.02 Å². The van der Waals surface area contributed by atoms with Gasteiger partial charge in [0.05, 0.1) is 23.2 Å². The van der Waals surface area contributed by atoms with Crippen LogP contribution in [0.4, 0.5) is 5.95 Å². The zero-order valence-electron chi connectivity index (χ0n) is 12.6. The molecular formula is C17H16ClN3O2. The first kappa shape index (κ1) is 15.4. The standard InChI is InChI=1S/C17H16ClN3O2/c1-2-9-23-15-8-7-11(18)10-12(15)16(22)21-17-19-13-5-3-4-6-14(13)20-17/h3-8,10H,2,9H2,1H3,(H2,19,20,21,22). The second-order valence-electron chi connectivity index (χ2n) is 5.05. The number of anilines is 1. The van der Waals surface area contributed by atoms with Crippen LogP contribution >= 0.6 is 11.6 Å². The Kier molecular flexibility index (Phi) is 4.48. The maximum Gasteiger partial charge on any atom is 0.261 e. The van der Waals surface area contributed by atoms with Gasteiger partial charge in [-0.3, -0.25) is 10.1 Å². The van der Waals surface area contributed by atoms with Crippen LogP contribution in [0.3, 0.4) is 0 Å². The number of hydrogen-bond acceptors (Lipinski definition) is 3. The predicted octanol–water partition coefficient (Wildman–Crippen LogP) is 4.26. The number of H-pyrrole nitrogens is 1. The lowest BCUT2D eigenvalue weighted by Gasteiger charge is -2.10. The predicted molar refractivity (Wildman–Crippen MR) is 91.3 cm³/mol. The Morgan fingerprint density at radius 2 is 2.13 bits per heavy atom. The van der Waals surface area contributed by atoms with Gasteiger partial charge in [-0.1, -0.05) is 30.7 Å². The number of fused-ring (bicyclic) bond motifs is 1. The molecule has 5 nitrogen and oxygen atoms in total. The zero-order chi connectivity index (χ0) is 16.2. The Labute approximate surface area is 138 Å². The fourth-order valence-corrected chi connectivity index (χ4v) is 2.38. The molecule has 1 amide bonds. The summed E-state index contributed by atoms with van der Waals surface area (Å²) >= 11 is 6.00. The van der Waals surface area contributed by atoms with Gasteiger partial charge in [-0.15, -0.1) is 0 Å². The number of ether oxygens (including phenoxy) is 1. The largest absolute Gasteiger partial charge is 0.493 e. The van der Waals surface area contributed by atoms with E-state index in [1.807, 2.05) is 31.2 Å². The number of nitrogens with one attached hydrogen (secondary N) is 2. The molecule has 2 aromatic carbocycles. The smallest absolute Gasteiger partial charge is 0.261 e. The van der Waals surface area contributed by atoms with Crippen LogP contribution in [0.25, 0.3) is 11.0 Å². The molecule has 0 aliphatic heterocycles. The average molecular weight is 330 g/mol. The SMILES string of the molecule is CCCOc1ccc(Cl)cc1C(=O)Nc1nc2ccccc2[nH]1. The fourth-order valence-electron chi connectivity index (χ4n) is 2.20. The maximum absolute atomic E-state index is 12.5. The quantitative estimate of drug-likeness (QED) is 0.735. The number of para-hydroxylation sites is 2. The van der Waals surface area contributed by atoms with E-state index in [9.17, 15) is 4.79 Å². The van der Waals surface area contributed by atoms with E-state index in [0.29, 0.717) is 28.9 Å². The second-order valence-corrected chi connectivity index (χ2v) is 5.48. The average Bonchev–Trinajstić information content (AvgIpc) is 2.95. The molecule has 0 saturated carbocycles. The summed E-state index contributed by atoms with van der Waals surface area (Å²) in [6, 6.07) is 12.5. The van der Waals surface area contributed by atoms with Crippen molar-refractivity contribution in [3.05, 3.63) is 53.1 Å². The topological polar surface area (TPSA) is 67.0 Å². The van der Waals surface area contributed by atoms with Crippen molar-refractivity contribution in [2.45, 2.75) is 13.3 Å². The highest BCUT2D eigenvalue weighted by atomic mass is 35.5. The molecule has 0 unspecified atom stereocenters.